The SMILES string of the molecule is Cc1ccc(N(c2ccc(C)cc2)c2ccc3c4cccc5cccc(c6cccc2c63)c54)cc1. The molecule has 7 aromatic carbocycles. The molecule has 0 amide bonds. The van der Waals surface area contributed by atoms with E-state index in [0.29, 0.717) is 0 Å². The minimum Gasteiger partial charge on any atom is -0.310 e. The van der Waals surface area contributed by atoms with Crippen molar-refractivity contribution in [3.63, 3.8) is 0 Å². The van der Waals surface area contributed by atoms with E-state index in [-0.39, 0.29) is 0 Å². The number of aryl methyl sites for hydroxylation is 2. The largest absolute Gasteiger partial charge is 0.310 e. The van der Waals surface area contributed by atoms with Gasteiger partial charge in [0.05, 0.1) is 5.69 Å². The molecule has 0 radical (unpaired) electrons. The Balaban J connectivity index is 1.60. The fourth-order valence-corrected chi connectivity index (χ4v) is 5.64. The summed E-state index contributed by atoms with van der Waals surface area (Å²) in [7, 11) is 0. The molecule has 1 nitrogen and oxygen atoms in total. The Morgan fingerprint density at radius 3 is 1.43 bits per heavy atom. The van der Waals surface area contributed by atoms with Gasteiger partial charge in [0.25, 0.3) is 0 Å². The van der Waals surface area contributed by atoms with Crippen molar-refractivity contribution in [2.75, 3.05) is 4.90 Å². The Morgan fingerprint density at radius 1 is 0.400 bits per heavy atom. The van der Waals surface area contributed by atoms with Crippen molar-refractivity contribution < 1.29 is 0 Å². The second-order valence-corrected chi connectivity index (χ2v) is 9.58. The van der Waals surface area contributed by atoms with Gasteiger partial charge < -0.3 is 4.90 Å². The van der Waals surface area contributed by atoms with Gasteiger partial charge in [-0.2, -0.15) is 0 Å². The zero-order valence-electron chi connectivity index (χ0n) is 19.9. The van der Waals surface area contributed by atoms with E-state index in [4.69, 9.17) is 0 Å². The minimum absolute atomic E-state index is 1.17. The highest BCUT2D eigenvalue weighted by Gasteiger charge is 2.19. The zero-order chi connectivity index (χ0) is 23.5. The van der Waals surface area contributed by atoms with Crippen LogP contribution in [0.2, 0.25) is 0 Å². The first-order valence-electron chi connectivity index (χ1n) is 12.2. The van der Waals surface area contributed by atoms with Gasteiger partial charge >= 0.3 is 0 Å². The Morgan fingerprint density at radius 2 is 0.857 bits per heavy atom. The van der Waals surface area contributed by atoms with E-state index >= 15 is 0 Å². The van der Waals surface area contributed by atoms with Crippen LogP contribution in [0.25, 0.3) is 43.1 Å². The fourth-order valence-electron chi connectivity index (χ4n) is 5.64. The van der Waals surface area contributed by atoms with E-state index in [9.17, 15) is 0 Å². The predicted octanol–water partition coefficient (Wildman–Crippen LogP) is 9.82. The van der Waals surface area contributed by atoms with Crippen molar-refractivity contribution in [2.45, 2.75) is 13.8 Å². The third-order valence-corrected chi connectivity index (χ3v) is 7.33. The standard InChI is InChI=1S/C34H25N/c1-22-12-16-25(17-13-22)35(26-18-14-23(2)15-19-26)32-21-20-30-28-9-4-7-24-6-3-8-27(33(24)28)29-10-5-11-31(32)34(29)30/h3-21H,1-2H3. The minimum atomic E-state index is 1.17. The maximum atomic E-state index is 2.39. The van der Waals surface area contributed by atoms with Crippen LogP contribution in [-0.4, -0.2) is 0 Å². The Labute approximate surface area is 205 Å². The van der Waals surface area contributed by atoms with Crippen molar-refractivity contribution >= 4 is 60.2 Å². The lowest BCUT2D eigenvalue weighted by molar-refractivity contribution is 1.28. The summed E-state index contributed by atoms with van der Waals surface area (Å²) in [6.07, 6.45) is 0. The van der Waals surface area contributed by atoms with E-state index in [2.05, 4.69) is 134 Å². The molecule has 0 aliphatic carbocycles. The van der Waals surface area contributed by atoms with Gasteiger partial charge in [0.2, 0.25) is 0 Å². The van der Waals surface area contributed by atoms with Gasteiger partial charge in [-0.15, -0.1) is 0 Å². The van der Waals surface area contributed by atoms with Gasteiger partial charge in [-0.3, -0.25) is 0 Å². The summed E-state index contributed by atoms with van der Waals surface area (Å²) < 4.78 is 0. The van der Waals surface area contributed by atoms with Crippen molar-refractivity contribution in [1.82, 2.24) is 0 Å². The molecule has 1 heteroatoms. The van der Waals surface area contributed by atoms with Crippen molar-refractivity contribution in [1.29, 1.82) is 0 Å². The lowest BCUT2D eigenvalue weighted by Crippen LogP contribution is -2.10. The molecule has 0 aromatic heterocycles. The number of nitrogens with zero attached hydrogens (tertiary/aromatic N) is 1. The summed E-state index contributed by atoms with van der Waals surface area (Å²) in [6.45, 7) is 4.28. The maximum absolute atomic E-state index is 2.39. The first kappa shape index (κ1) is 20.1. The highest BCUT2D eigenvalue weighted by atomic mass is 15.1. The van der Waals surface area contributed by atoms with Gasteiger partial charge in [-0.25, -0.2) is 0 Å². The molecule has 7 rings (SSSR count). The second-order valence-electron chi connectivity index (χ2n) is 9.58. The molecule has 0 atom stereocenters. The summed E-state index contributed by atoms with van der Waals surface area (Å²) in [5.74, 6) is 0. The van der Waals surface area contributed by atoms with Crippen molar-refractivity contribution in [2.24, 2.45) is 0 Å². The molecule has 0 saturated carbocycles. The summed E-state index contributed by atoms with van der Waals surface area (Å²) in [5.41, 5.74) is 6.06. The number of hydrogen-bond donors (Lipinski definition) is 0. The first-order valence-corrected chi connectivity index (χ1v) is 12.2. The van der Waals surface area contributed by atoms with Gasteiger partial charge in [0.15, 0.2) is 0 Å². The van der Waals surface area contributed by atoms with E-state index in [1.807, 2.05) is 0 Å². The highest BCUT2D eigenvalue weighted by molar-refractivity contribution is 6.34. The molecule has 0 N–H and O–H groups in total. The summed E-state index contributed by atoms with van der Waals surface area (Å²) in [4.78, 5) is 2.39. The third kappa shape index (κ3) is 3.02. The predicted molar refractivity (Wildman–Crippen MR) is 152 cm³/mol. The fraction of sp³-hybridized carbons (Fsp3) is 0.0588. The number of anilines is 3. The molecule has 0 bridgehead atoms. The molecule has 0 aliphatic heterocycles. The molecular formula is C34H25N. The number of hydrogen-bond acceptors (Lipinski definition) is 1. The van der Waals surface area contributed by atoms with E-state index in [1.54, 1.807) is 0 Å². The van der Waals surface area contributed by atoms with Crippen LogP contribution in [0.5, 0.6) is 0 Å². The normalized spacial score (nSPS) is 11.7. The van der Waals surface area contributed by atoms with Crippen LogP contribution in [-0.2, 0) is 0 Å². The quantitative estimate of drug-likeness (QED) is 0.192. The molecule has 7 aromatic rings. The highest BCUT2D eigenvalue weighted by Crippen LogP contribution is 2.45. The molecule has 0 unspecified atom stereocenters. The molecule has 0 fully saturated rings. The monoisotopic (exact) mass is 447 g/mol. The van der Waals surface area contributed by atoms with Crippen LogP contribution in [0.3, 0.4) is 0 Å². The topological polar surface area (TPSA) is 3.24 Å². The first-order chi connectivity index (χ1) is 17.2. The molecule has 0 heterocycles. The Bertz CT molecular complexity index is 1750. The van der Waals surface area contributed by atoms with E-state index in [0.717, 1.165) is 0 Å². The average Bonchev–Trinajstić information content (AvgIpc) is 2.90. The Hall–Kier alpha value is -4.36. The van der Waals surface area contributed by atoms with E-state index < -0.39 is 0 Å². The lowest BCUT2D eigenvalue weighted by Gasteiger charge is -2.28. The average molecular weight is 448 g/mol. The van der Waals surface area contributed by atoms with Crippen molar-refractivity contribution in [3.05, 3.63) is 126 Å². The second kappa shape index (κ2) is 7.58. The van der Waals surface area contributed by atoms with Gasteiger partial charge in [-0.05, 0) is 81.9 Å². The number of rotatable bonds is 3. The van der Waals surface area contributed by atoms with Crippen LogP contribution >= 0.6 is 0 Å². The molecule has 0 spiro atoms. The number of benzene rings is 7. The molecule has 0 saturated heterocycles. The summed E-state index contributed by atoms with van der Waals surface area (Å²) in [6, 6.07) is 42.4. The van der Waals surface area contributed by atoms with Gasteiger partial charge in [0.1, 0.15) is 0 Å². The molecule has 35 heavy (non-hydrogen) atoms. The van der Waals surface area contributed by atoms with Crippen LogP contribution in [0.15, 0.2) is 115 Å². The summed E-state index contributed by atoms with van der Waals surface area (Å²) >= 11 is 0. The van der Waals surface area contributed by atoms with Crippen LogP contribution in [0.4, 0.5) is 17.1 Å². The smallest absolute Gasteiger partial charge is 0.0540 e. The van der Waals surface area contributed by atoms with Gasteiger partial charge in [-0.1, -0.05) is 96.1 Å². The number of fused-ring (bicyclic) bond motifs is 2. The lowest BCUT2D eigenvalue weighted by atomic mass is 9.89. The van der Waals surface area contributed by atoms with Crippen LogP contribution in [0.1, 0.15) is 11.1 Å². The van der Waals surface area contributed by atoms with E-state index in [1.165, 1.54) is 71.3 Å². The Kier molecular flexibility index (Phi) is 4.34. The van der Waals surface area contributed by atoms with Crippen LogP contribution < -0.4 is 4.90 Å². The summed E-state index contributed by atoms with van der Waals surface area (Å²) in [5, 5.41) is 10.5. The van der Waals surface area contributed by atoms with Gasteiger partial charge in [0, 0.05) is 16.8 Å². The maximum Gasteiger partial charge on any atom is 0.0540 e. The molecular weight excluding hydrogens is 422 g/mol. The molecule has 0 aliphatic rings. The van der Waals surface area contributed by atoms with Crippen molar-refractivity contribution in [3.8, 4) is 0 Å². The van der Waals surface area contributed by atoms with Crippen LogP contribution in [0, 0.1) is 13.8 Å². The third-order valence-electron chi connectivity index (χ3n) is 7.33. The zero-order valence-corrected chi connectivity index (χ0v) is 19.9. The molecule has 166 valence electrons.